The molecule has 24 heavy (non-hydrogen) atoms. The first-order valence-corrected chi connectivity index (χ1v) is 8.49. The van der Waals surface area contributed by atoms with Crippen LogP contribution in [0.2, 0.25) is 5.02 Å². The van der Waals surface area contributed by atoms with Crippen molar-refractivity contribution in [3.05, 3.63) is 52.5 Å². The van der Waals surface area contributed by atoms with Crippen LogP contribution in [-0.4, -0.2) is 14.8 Å². The van der Waals surface area contributed by atoms with Gasteiger partial charge in [-0.05, 0) is 61.4 Å². The summed E-state index contributed by atoms with van der Waals surface area (Å²) in [6.45, 7) is 3.27. The molecule has 0 radical (unpaired) electrons. The molecular weight excluding hydrogens is 367 g/mol. The lowest BCUT2D eigenvalue weighted by atomic mass is 10.2. The van der Waals surface area contributed by atoms with E-state index in [0.29, 0.717) is 16.1 Å². The highest BCUT2D eigenvalue weighted by Gasteiger charge is 2.31. The van der Waals surface area contributed by atoms with E-state index in [4.69, 9.17) is 11.6 Å². The van der Waals surface area contributed by atoms with Crippen LogP contribution in [-0.2, 0) is 10.0 Å². The van der Waals surface area contributed by atoms with Gasteiger partial charge in [-0.1, -0.05) is 11.6 Å². The number of hydrogen-bond acceptors (Lipinski definition) is 3. The van der Waals surface area contributed by atoms with Crippen LogP contribution in [0.5, 0.6) is 5.75 Å². The fraction of sp³-hybridized carbons (Fsp3) is 0.200. The van der Waals surface area contributed by atoms with Gasteiger partial charge in [-0.2, -0.15) is 0 Å². The Hall–Kier alpha value is -1.93. The molecule has 1 N–H and O–H groups in total. The molecule has 0 saturated carbocycles. The van der Waals surface area contributed by atoms with Gasteiger partial charge in [0.15, 0.2) is 0 Å². The average Bonchev–Trinajstić information content (AvgIpc) is 2.43. The van der Waals surface area contributed by atoms with Crippen molar-refractivity contribution in [1.82, 2.24) is 0 Å². The SMILES string of the molecule is Cc1cc(S(=O)(=O)Nc2ccc(OC(F)(F)F)cc2)c(C)cc1Cl. The maximum atomic E-state index is 12.4. The Bertz CT molecular complexity index is 850. The lowest BCUT2D eigenvalue weighted by Gasteiger charge is -2.13. The Morgan fingerprint density at radius 2 is 1.62 bits per heavy atom. The summed E-state index contributed by atoms with van der Waals surface area (Å²) in [5.41, 5.74) is 1.16. The van der Waals surface area contributed by atoms with Gasteiger partial charge >= 0.3 is 6.36 Å². The second-order valence-electron chi connectivity index (χ2n) is 5.04. The second kappa shape index (κ2) is 6.52. The van der Waals surface area contributed by atoms with Crippen LogP contribution in [0.3, 0.4) is 0 Å². The van der Waals surface area contributed by atoms with Crippen LogP contribution >= 0.6 is 11.6 Å². The lowest BCUT2D eigenvalue weighted by molar-refractivity contribution is -0.274. The fourth-order valence-electron chi connectivity index (χ4n) is 1.98. The van der Waals surface area contributed by atoms with Crippen LogP contribution < -0.4 is 9.46 Å². The van der Waals surface area contributed by atoms with Gasteiger partial charge in [0.25, 0.3) is 10.0 Å². The summed E-state index contributed by atoms with van der Waals surface area (Å²) in [5, 5.41) is 0.445. The molecule has 0 unspecified atom stereocenters. The number of alkyl halides is 3. The summed E-state index contributed by atoms with van der Waals surface area (Å²) in [6.07, 6.45) is -4.81. The molecule has 130 valence electrons. The molecule has 0 aliphatic heterocycles. The summed E-state index contributed by atoms with van der Waals surface area (Å²) in [6, 6.07) is 7.36. The van der Waals surface area contributed by atoms with E-state index >= 15 is 0 Å². The summed E-state index contributed by atoms with van der Waals surface area (Å²) >= 11 is 5.95. The van der Waals surface area contributed by atoms with E-state index in [9.17, 15) is 21.6 Å². The minimum Gasteiger partial charge on any atom is -0.406 e. The van der Waals surface area contributed by atoms with Gasteiger partial charge in [0, 0.05) is 10.7 Å². The number of benzene rings is 2. The highest BCUT2D eigenvalue weighted by Crippen LogP contribution is 2.27. The lowest BCUT2D eigenvalue weighted by Crippen LogP contribution is -2.17. The standard InChI is InChI=1S/C15H13ClF3NO3S/c1-9-8-14(10(2)7-13(9)16)24(21,22)20-11-3-5-12(6-4-11)23-15(17,18)19/h3-8,20H,1-2H3. The Balaban J connectivity index is 2.25. The molecule has 0 atom stereocenters. The molecule has 0 aliphatic carbocycles. The molecule has 0 amide bonds. The minimum atomic E-state index is -4.81. The van der Waals surface area contributed by atoms with Gasteiger partial charge in [0.1, 0.15) is 5.75 Å². The third-order valence-corrected chi connectivity index (χ3v) is 5.02. The van der Waals surface area contributed by atoms with Gasteiger partial charge in [0.05, 0.1) is 4.90 Å². The Kier molecular flexibility index (Phi) is 5.00. The van der Waals surface area contributed by atoms with Crippen molar-refractivity contribution in [2.75, 3.05) is 4.72 Å². The number of ether oxygens (including phenoxy) is 1. The number of rotatable bonds is 4. The summed E-state index contributed by atoms with van der Waals surface area (Å²) in [4.78, 5) is 0.0417. The third-order valence-electron chi connectivity index (χ3n) is 3.09. The van der Waals surface area contributed by atoms with Crippen molar-refractivity contribution >= 4 is 27.3 Å². The van der Waals surface area contributed by atoms with E-state index in [2.05, 4.69) is 9.46 Å². The molecule has 0 bridgehead atoms. The van der Waals surface area contributed by atoms with Gasteiger partial charge < -0.3 is 4.74 Å². The van der Waals surface area contributed by atoms with E-state index in [-0.39, 0.29) is 10.6 Å². The smallest absolute Gasteiger partial charge is 0.406 e. The summed E-state index contributed by atoms with van der Waals surface area (Å²) in [7, 11) is -3.90. The number of anilines is 1. The molecule has 9 heteroatoms. The van der Waals surface area contributed by atoms with Gasteiger partial charge in [-0.25, -0.2) is 8.42 Å². The maximum Gasteiger partial charge on any atom is 0.573 e. The average molecular weight is 380 g/mol. The van der Waals surface area contributed by atoms with E-state index in [1.54, 1.807) is 13.8 Å². The van der Waals surface area contributed by atoms with Gasteiger partial charge in [0.2, 0.25) is 0 Å². The molecule has 0 saturated heterocycles. The number of aryl methyl sites for hydroxylation is 2. The Morgan fingerprint density at radius 3 is 2.17 bits per heavy atom. The highest BCUT2D eigenvalue weighted by atomic mass is 35.5. The fourth-order valence-corrected chi connectivity index (χ4v) is 3.57. The van der Waals surface area contributed by atoms with Crippen LogP contribution in [0.15, 0.2) is 41.3 Å². The van der Waals surface area contributed by atoms with Gasteiger partial charge in [-0.3, -0.25) is 4.72 Å². The van der Waals surface area contributed by atoms with Crippen molar-refractivity contribution in [3.63, 3.8) is 0 Å². The highest BCUT2D eigenvalue weighted by molar-refractivity contribution is 7.92. The minimum absolute atomic E-state index is 0.0417. The van der Waals surface area contributed by atoms with E-state index in [1.165, 1.54) is 24.3 Å². The third kappa shape index (κ3) is 4.55. The molecule has 0 aromatic heterocycles. The van der Waals surface area contributed by atoms with Crippen LogP contribution in [0.4, 0.5) is 18.9 Å². The zero-order valence-corrected chi connectivity index (χ0v) is 14.2. The Morgan fingerprint density at radius 1 is 1.04 bits per heavy atom. The monoisotopic (exact) mass is 379 g/mol. The van der Waals surface area contributed by atoms with Crippen LogP contribution in [0.1, 0.15) is 11.1 Å². The van der Waals surface area contributed by atoms with Crippen molar-refractivity contribution in [2.45, 2.75) is 25.1 Å². The topological polar surface area (TPSA) is 55.4 Å². The molecule has 0 fully saturated rings. The van der Waals surface area contributed by atoms with E-state index in [1.807, 2.05) is 0 Å². The van der Waals surface area contributed by atoms with E-state index in [0.717, 1.165) is 12.1 Å². The van der Waals surface area contributed by atoms with Crippen LogP contribution in [0.25, 0.3) is 0 Å². The Labute approximate surface area is 142 Å². The molecule has 2 aromatic carbocycles. The quantitative estimate of drug-likeness (QED) is 0.840. The normalized spacial score (nSPS) is 12.1. The molecule has 2 rings (SSSR count). The van der Waals surface area contributed by atoms with Crippen molar-refractivity contribution in [2.24, 2.45) is 0 Å². The second-order valence-corrected chi connectivity index (χ2v) is 7.10. The number of nitrogens with one attached hydrogen (secondary N) is 1. The number of hydrogen-bond donors (Lipinski definition) is 1. The van der Waals surface area contributed by atoms with Gasteiger partial charge in [-0.15, -0.1) is 13.2 Å². The van der Waals surface area contributed by atoms with Crippen LogP contribution in [0, 0.1) is 13.8 Å². The maximum absolute atomic E-state index is 12.4. The molecule has 4 nitrogen and oxygen atoms in total. The summed E-state index contributed by atoms with van der Waals surface area (Å²) < 4.78 is 67.2. The van der Waals surface area contributed by atoms with Crippen molar-refractivity contribution in [3.8, 4) is 5.75 Å². The van der Waals surface area contributed by atoms with Crippen molar-refractivity contribution < 1.29 is 26.3 Å². The summed E-state index contributed by atoms with van der Waals surface area (Å²) in [5.74, 6) is -0.441. The molecule has 0 spiro atoms. The number of halogens is 4. The predicted octanol–water partition coefficient (Wildman–Crippen LogP) is 4.66. The molecule has 2 aromatic rings. The predicted molar refractivity (Wildman–Crippen MR) is 84.9 cm³/mol. The molecule has 0 heterocycles. The zero-order chi connectivity index (χ0) is 18.1. The zero-order valence-electron chi connectivity index (χ0n) is 12.6. The first kappa shape index (κ1) is 18.4. The molecule has 0 aliphatic rings. The van der Waals surface area contributed by atoms with E-state index < -0.39 is 22.1 Å². The first-order chi connectivity index (χ1) is 11.0. The molecular formula is C15H13ClF3NO3S. The van der Waals surface area contributed by atoms with Crippen molar-refractivity contribution in [1.29, 1.82) is 0 Å². The largest absolute Gasteiger partial charge is 0.573 e. The number of sulfonamides is 1. The first-order valence-electron chi connectivity index (χ1n) is 6.63.